The maximum Gasteiger partial charge on any atom is 0.224 e. The first-order chi connectivity index (χ1) is 16.1. The minimum Gasteiger partial charge on any atom is -0.353 e. The molecule has 2 heterocycles. The molecule has 5 heteroatoms. The highest BCUT2D eigenvalue weighted by atomic mass is 35.5. The topological polar surface area (TPSA) is 45.2 Å². The molecule has 1 aliphatic heterocycles. The first-order valence-corrected chi connectivity index (χ1v) is 12.3. The molecular weight excluding hydrogens is 430 g/mol. The zero-order valence-electron chi connectivity index (χ0n) is 18.6. The van der Waals surface area contributed by atoms with Crippen molar-refractivity contribution >= 4 is 17.5 Å². The Bertz CT molecular complexity index is 1190. The van der Waals surface area contributed by atoms with Gasteiger partial charge in [0.25, 0.3) is 0 Å². The van der Waals surface area contributed by atoms with Crippen molar-refractivity contribution in [3.63, 3.8) is 0 Å². The van der Waals surface area contributed by atoms with E-state index in [2.05, 4.69) is 51.6 Å². The average Bonchev–Trinajstić information content (AvgIpc) is 3.32. The highest BCUT2D eigenvalue weighted by Crippen LogP contribution is 2.60. The van der Waals surface area contributed by atoms with Gasteiger partial charge in [0.15, 0.2) is 0 Å². The molecule has 33 heavy (non-hydrogen) atoms. The van der Waals surface area contributed by atoms with E-state index in [1.807, 2.05) is 18.2 Å². The van der Waals surface area contributed by atoms with Crippen LogP contribution in [-0.4, -0.2) is 41.5 Å². The Hall–Kier alpha value is -2.69. The van der Waals surface area contributed by atoms with Crippen molar-refractivity contribution in [1.82, 2.24) is 15.2 Å². The van der Waals surface area contributed by atoms with Crippen LogP contribution in [0, 0.1) is 0 Å². The van der Waals surface area contributed by atoms with E-state index in [0.29, 0.717) is 12.3 Å². The number of hydrogen-bond donors (Lipinski definition) is 1. The van der Waals surface area contributed by atoms with E-state index >= 15 is 0 Å². The van der Waals surface area contributed by atoms with E-state index in [1.165, 1.54) is 22.3 Å². The van der Waals surface area contributed by atoms with Crippen molar-refractivity contribution in [1.29, 1.82) is 0 Å². The van der Waals surface area contributed by atoms with E-state index in [-0.39, 0.29) is 17.4 Å². The summed E-state index contributed by atoms with van der Waals surface area (Å²) in [6.45, 7) is 3.03. The Balaban J connectivity index is 1.15. The maximum atomic E-state index is 12.5. The molecule has 0 spiro atoms. The van der Waals surface area contributed by atoms with Crippen molar-refractivity contribution in [3.8, 4) is 0 Å². The fourth-order valence-corrected chi connectivity index (χ4v) is 6.57. The molecular formula is C28H28ClN3O. The van der Waals surface area contributed by atoms with Crippen LogP contribution < -0.4 is 5.32 Å². The molecule has 2 aromatic carbocycles. The summed E-state index contributed by atoms with van der Waals surface area (Å²) < 4.78 is 0. The normalized spacial score (nSPS) is 23.8. The molecule has 1 N–H and O–H groups in total. The Morgan fingerprint density at radius 3 is 2.61 bits per heavy atom. The Kier molecular flexibility index (Phi) is 5.23. The molecule has 168 valence electrons. The summed E-state index contributed by atoms with van der Waals surface area (Å²) in [5, 5.41) is 4.08. The minimum absolute atomic E-state index is 0.0267. The highest BCUT2D eigenvalue weighted by molar-refractivity contribution is 6.30. The van der Waals surface area contributed by atoms with Gasteiger partial charge >= 0.3 is 0 Å². The summed E-state index contributed by atoms with van der Waals surface area (Å²) in [5.74, 6) is 0.587. The van der Waals surface area contributed by atoms with Crippen molar-refractivity contribution in [2.75, 3.05) is 19.6 Å². The third kappa shape index (κ3) is 3.66. The molecule has 2 unspecified atom stereocenters. The van der Waals surface area contributed by atoms with E-state index in [9.17, 15) is 4.79 Å². The quantitative estimate of drug-likeness (QED) is 0.604. The van der Waals surface area contributed by atoms with Crippen LogP contribution in [0.3, 0.4) is 0 Å². The lowest BCUT2D eigenvalue weighted by atomic mass is 9.74. The van der Waals surface area contributed by atoms with Gasteiger partial charge in [0.1, 0.15) is 0 Å². The van der Waals surface area contributed by atoms with Gasteiger partial charge in [-0.05, 0) is 71.3 Å². The number of piperidine rings is 1. The highest BCUT2D eigenvalue weighted by Gasteiger charge is 2.53. The van der Waals surface area contributed by atoms with Crippen molar-refractivity contribution < 1.29 is 4.79 Å². The van der Waals surface area contributed by atoms with Crippen LogP contribution >= 0.6 is 11.6 Å². The third-order valence-electron chi connectivity index (χ3n) is 7.87. The monoisotopic (exact) mass is 457 g/mol. The number of rotatable bonds is 5. The number of carbonyl (C=O) groups excluding carboxylic acids is 1. The standard InChI is InChI=1S/C28H28ClN3O/c29-20-5-6-23-24-17-28(26(23)16-20,25-4-2-1-3-22(24)25)18-32-13-9-21(10-14-32)31-27(33)15-19-7-11-30-12-8-19/h1-8,11-12,16,21,24H,9-10,13-15,17-18H2,(H,31,33). The lowest BCUT2D eigenvalue weighted by Crippen LogP contribution is -2.48. The number of carbonyl (C=O) groups is 1. The molecule has 2 atom stereocenters. The molecule has 6 rings (SSSR count). The van der Waals surface area contributed by atoms with Crippen LogP contribution in [0.5, 0.6) is 0 Å². The molecule has 2 aliphatic carbocycles. The van der Waals surface area contributed by atoms with Crippen molar-refractivity contribution in [3.05, 3.63) is 99.8 Å². The summed E-state index contributed by atoms with van der Waals surface area (Å²) >= 11 is 6.46. The zero-order valence-corrected chi connectivity index (χ0v) is 19.4. The van der Waals surface area contributed by atoms with Crippen LogP contribution in [0.25, 0.3) is 0 Å². The third-order valence-corrected chi connectivity index (χ3v) is 8.11. The summed E-state index contributed by atoms with van der Waals surface area (Å²) in [5.41, 5.74) is 6.89. The second kappa shape index (κ2) is 8.27. The van der Waals surface area contributed by atoms with Crippen LogP contribution in [-0.2, 0) is 16.6 Å². The van der Waals surface area contributed by atoms with E-state index in [1.54, 1.807) is 12.4 Å². The molecule has 1 saturated heterocycles. The number of nitrogens with one attached hydrogen (secondary N) is 1. The van der Waals surface area contributed by atoms with Gasteiger partial charge in [-0.3, -0.25) is 9.78 Å². The number of hydrogen-bond acceptors (Lipinski definition) is 3. The van der Waals surface area contributed by atoms with Crippen LogP contribution in [0.2, 0.25) is 5.02 Å². The number of pyridine rings is 1. The molecule has 4 nitrogen and oxygen atoms in total. The summed E-state index contributed by atoms with van der Waals surface area (Å²) in [7, 11) is 0. The van der Waals surface area contributed by atoms with Gasteiger partial charge in [-0.2, -0.15) is 0 Å². The predicted octanol–water partition coefficient (Wildman–Crippen LogP) is 4.69. The van der Waals surface area contributed by atoms with Gasteiger partial charge in [-0.1, -0.05) is 41.9 Å². The Morgan fingerprint density at radius 1 is 1.03 bits per heavy atom. The second-order valence-electron chi connectivity index (χ2n) is 9.81. The number of fused-ring (bicyclic) bond motifs is 8. The Labute approximate surface area is 200 Å². The van der Waals surface area contributed by atoms with Crippen LogP contribution in [0.1, 0.15) is 53.0 Å². The number of benzene rings is 2. The SMILES string of the molecule is O=C(Cc1ccncc1)NC1CCN(CC23CC(c4ccccc42)c2ccc(Cl)cc23)CC1. The van der Waals surface area contributed by atoms with Gasteiger partial charge in [0.2, 0.25) is 5.91 Å². The second-order valence-corrected chi connectivity index (χ2v) is 10.2. The molecule has 1 aromatic heterocycles. The number of amides is 1. The fraction of sp³-hybridized carbons (Fsp3) is 0.357. The summed E-state index contributed by atoms with van der Waals surface area (Å²) in [4.78, 5) is 19.1. The molecule has 0 radical (unpaired) electrons. The van der Waals surface area contributed by atoms with Crippen molar-refractivity contribution in [2.24, 2.45) is 0 Å². The number of nitrogens with zero attached hydrogens (tertiary/aromatic N) is 2. The van der Waals surface area contributed by atoms with Gasteiger partial charge < -0.3 is 10.2 Å². The summed E-state index contributed by atoms with van der Waals surface area (Å²) in [6, 6.07) is 19.5. The molecule has 2 bridgehead atoms. The Morgan fingerprint density at radius 2 is 1.79 bits per heavy atom. The lowest BCUT2D eigenvalue weighted by molar-refractivity contribution is -0.121. The number of likely N-dealkylation sites (tertiary alicyclic amines) is 1. The lowest BCUT2D eigenvalue weighted by Gasteiger charge is -2.40. The average molecular weight is 458 g/mol. The van der Waals surface area contributed by atoms with E-state index in [0.717, 1.165) is 49.5 Å². The minimum atomic E-state index is 0.0267. The molecule has 1 amide bonds. The first kappa shape index (κ1) is 20.9. The van der Waals surface area contributed by atoms with E-state index in [4.69, 9.17) is 11.6 Å². The largest absolute Gasteiger partial charge is 0.353 e. The van der Waals surface area contributed by atoms with Gasteiger partial charge in [-0.25, -0.2) is 0 Å². The first-order valence-electron chi connectivity index (χ1n) is 11.9. The molecule has 0 saturated carbocycles. The summed E-state index contributed by atoms with van der Waals surface area (Å²) in [6.07, 6.45) is 7.02. The number of halogens is 1. The van der Waals surface area contributed by atoms with E-state index < -0.39 is 0 Å². The zero-order chi connectivity index (χ0) is 22.4. The maximum absolute atomic E-state index is 12.5. The predicted molar refractivity (Wildman–Crippen MR) is 131 cm³/mol. The molecule has 3 aliphatic rings. The van der Waals surface area contributed by atoms with Gasteiger partial charge in [0, 0.05) is 54.4 Å². The molecule has 1 fully saturated rings. The smallest absolute Gasteiger partial charge is 0.224 e. The van der Waals surface area contributed by atoms with Gasteiger partial charge in [0.05, 0.1) is 6.42 Å². The fourth-order valence-electron chi connectivity index (χ4n) is 6.40. The number of aromatic nitrogens is 1. The molecule has 3 aromatic rings. The van der Waals surface area contributed by atoms with Crippen LogP contribution in [0.4, 0.5) is 0 Å². The van der Waals surface area contributed by atoms with Crippen LogP contribution in [0.15, 0.2) is 67.0 Å². The van der Waals surface area contributed by atoms with Gasteiger partial charge in [-0.15, -0.1) is 0 Å². The van der Waals surface area contributed by atoms with Crippen molar-refractivity contribution in [2.45, 2.75) is 43.1 Å².